The summed E-state index contributed by atoms with van der Waals surface area (Å²) in [6.07, 6.45) is 1.15. The SMILES string of the molecule is CCC(CO)NS(=O)(=O)N1CCC(C(=O)O)CC1. The molecule has 1 atom stereocenters. The van der Waals surface area contributed by atoms with Crippen LogP contribution in [0.4, 0.5) is 0 Å². The lowest BCUT2D eigenvalue weighted by Crippen LogP contribution is -2.49. The van der Waals surface area contributed by atoms with Crippen molar-refractivity contribution in [1.82, 2.24) is 9.03 Å². The molecule has 0 aromatic rings. The Morgan fingerprint density at radius 1 is 1.44 bits per heavy atom. The summed E-state index contributed by atoms with van der Waals surface area (Å²) >= 11 is 0. The van der Waals surface area contributed by atoms with Gasteiger partial charge in [-0.25, -0.2) is 0 Å². The van der Waals surface area contributed by atoms with Gasteiger partial charge in [0, 0.05) is 19.1 Å². The lowest BCUT2D eigenvalue weighted by atomic mass is 9.99. The summed E-state index contributed by atoms with van der Waals surface area (Å²) < 4.78 is 27.5. The predicted molar refractivity (Wildman–Crippen MR) is 65.2 cm³/mol. The van der Waals surface area contributed by atoms with Gasteiger partial charge in [0.2, 0.25) is 0 Å². The number of aliphatic hydroxyl groups excluding tert-OH is 1. The minimum absolute atomic E-state index is 0.203. The molecule has 1 fully saturated rings. The predicted octanol–water partition coefficient (Wildman–Crippen LogP) is -0.612. The molecule has 0 aromatic carbocycles. The number of carbonyl (C=O) groups is 1. The van der Waals surface area contributed by atoms with Crippen molar-refractivity contribution in [2.45, 2.75) is 32.2 Å². The molecule has 1 aliphatic rings. The van der Waals surface area contributed by atoms with Crippen LogP contribution in [0.3, 0.4) is 0 Å². The Kier molecular flexibility index (Phi) is 5.51. The third-order valence-corrected chi connectivity index (χ3v) is 4.85. The van der Waals surface area contributed by atoms with Gasteiger partial charge in [-0.2, -0.15) is 17.4 Å². The number of hydrogen-bond acceptors (Lipinski definition) is 4. The quantitative estimate of drug-likeness (QED) is 0.601. The van der Waals surface area contributed by atoms with Gasteiger partial charge in [0.05, 0.1) is 12.5 Å². The van der Waals surface area contributed by atoms with Crippen LogP contribution in [0.5, 0.6) is 0 Å². The molecule has 1 unspecified atom stereocenters. The molecule has 7 nitrogen and oxygen atoms in total. The van der Waals surface area contributed by atoms with E-state index in [9.17, 15) is 13.2 Å². The zero-order chi connectivity index (χ0) is 13.8. The molecule has 0 bridgehead atoms. The largest absolute Gasteiger partial charge is 0.481 e. The van der Waals surface area contributed by atoms with E-state index >= 15 is 0 Å². The smallest absolute Gasteiger partial charge is 0.306 e. The summed E-state index contributed by atoms with van der Waals surface area (Å²) in [4.78, 5) is 10.8. The van der Waals surface area contributed by atoms with Crippen LogP contribution in [0.2, 0.25) is 0 Å². The monoisotopic (exact) mass is 280 g/mol. The number of nitrogens with zero attached hydrogens (tertiary/aromatic N) is 1. The average molecular weight is 280 g/mol. The molecule has 1 heterocycles. The average Bonchev–Trinajstić information content (AvgIpc) is 2.36. The van der Waals surface area contributed by atoms with Crippen molar-refractivity contribution >= 4 is 16.2 Å². The van der Waals surface area contributed by atoms with E-state index in [1.54, 1.807) is 6.92 Å². The summed E-state index contributed by atoms with van der Waals surface area (Å²) in [6.45, 7) is 1.93. The van der Waals surface area contributed by atoms with E-state index in [-0.39, 0.29) is 19.7 Å². The molecule has 3 N–H and O–H groups in total. The molecular formula is C10H20N2O5S. The van der Waals surface area contributed by atoms with Crippen molar-refractivity contribution in [2.75, 3.05) is 19.7 Å². The molecular weight excluding hydrogens is 260 g/mol. The Bertz CT molecular complexity index is 372. The van der Waals surface area contributed by atoms with Gasteiger partial charge >= 0.3 is 5.97 Å². The second-order valence-electron chi connectivity index (χ2n) is 4.42. The maximum absolute atomic E-state index is 11.9. The first-order chi connectivity index (χ1) is 8.40. The highest BCUT2D eigenvalue weighted by molar-refractivity contribution is 7.87. The summed E-state index contributed by atoms with van der Waals surface area (Å²) in [5.41, 5.74) is 0. The molecule has 0 spiro atoms. The van der Waals surface area contributed by atoms with Gasteiger partial charge in [0.15, 0.2) is 0 Å². The normalized spacial score (nSPS) is 20.8. The molecule has 106 valence electrons. The number of nitrogens with one attached hydrogen (secondary N) is 1. The van der Waals surface area contributed by atoms with Gasteiger partial charge in [-0.05, 0) is 19.3 Å². The van der Waals surface area contributed by atoms with Gasteiger partial charge in [-0.1, -0.05) is 6.92 Å². The highest BCUT2D eigenvalue weighted by Gasteiger charge is 2.31. The van der Waals surface area contributed by atoms with Gasteiger partial charge in [-0.15, -0.1) is 0 Å². The fourth-order valence-corrected chi connectivity index (χ4v) is 3.38. The van der Waals surface area contributed by atoms with E-state index in [1.807, 2.05) is 0 Å². The zero-order valence-electron chi connectivity index (χ0n) is 10.4. The first-order valence-corrected chi connectivity index (χ1v) is 7.45. The number of hydrogen-bond donors (Lipinski definition) is 3. The molecule has 0 saturated carbocycles. The molecule has 0 radical (unpaired) electrons. The number of aliphatic hydroxyl groups is 1. The van der Waals surface area contributed by atoms with E-state index < -0.39 is 28.1 Å². The maximum Gasteiger partial charge on any atom is 0.306 e. The van der Waals surface area contributed by atoms with Gasteiger partial charge < -0.3 is 10.2 Å². The highest BCUT2D eigenvalue weighted by Crippen LogP contribution is 2.19. The Labute approximate surface area is 107 Å². The Balaban J connectivity index is 2.58. The van der Waals surface area contributed by atoms with E-state index in [1.165, 1.54) is 4.31 Å². The van der Waals surface area contributed by atoms with Crippen LogP contribution in [0.1, 0.15) is 26.2 Å². The van der Waals surface area contributed by atoms with E-state index in [2.05, 4.69) is 4.72 Å². The second kappa shape index (κ2) is 6.46. The summed E-state index contributed by atoms with van der Waals surface area (Å²) in [5, 5.41) is 17.8. The first kappa shape index (κ1) is 15.4. The molecule has 0 aliphatic carbocycles. The van der Waals surface area contributed by atoms with Gasteiger partial charge in [0.1, 0.15) is 0 Å². The number of rotatable bonds is 6. The second-order valence-corrected chi connectivity index (χ2v) is 6.12. The fraction of sp³-hybridized carbons (Fsp3) is 0.900. The van der Waals surface area contributed by atoms with Crippen molar-refractivity contribution < 1.29 is 23.4 Å². The number of aliphatic carboxylic acids is 1. The molecule has 8 heteroatoms. The number of piperidine rings is 1. The Hall–Kier alpha value is -0.700. The van der Waals surface area contributed by atoms with Crippen molar-refractivity contribution in [2.24, 2.45) is 5.92 Å². The van der Waals surface area contributed by atoms with Crippen LogP contribution in [0.15, 0.2) is 0 Å². The van der Waals surface area contributed by atoms with Crippen LogP contribution >= 0.6 is 0 Å². The molecule has 0 aromatic heterocycles. The van der Waals surface area contributed by atoms with Crippen molar-refractivity contribution in [3.63, 3.8) is 0 Å². The third-order valence-electron chi connectivity index (χ3n) is 3.17. The lowest BCUT2D eigenvalue weighted by molar-refractivity contribution is -0.142. The summed E-state index contributed by atoms with van der Waals surface area (Å²) in [7, 11) is -3.63. The van der Waals surface area contributed by atoms with Crippen molar-refractivity contribution in [3.05, 3.63) is 0 Å². The first-order valence-electron chi connectivity index (χ1n) is 6.01. The fourth-order valence-electron chi connectivity index (χ4n) is 1.88. The highest BCUT2D eigenvalue weighted by atomic mass is 32.2. The minimum Gasteiger partial charge on any atom is -0.481 e. The van der Waals surface area contributed by atoms with Crippen LogP contribution in [-0.2, 0) is 15.0 Å². The van der Waals surface area contributed by atoms with E-state index in [0.717, 1.165) is 0 Å². The summed E-state index contributed by atoms with van der Waals surface area (Å²) in [5.74, 6) is -1.34. The molecule has 0 amide bonds. The van der Waals surface area contributed by atoms with Crippen LogP contribution in [-0.4, -0.2) is 54.6 Å². The standard InChI is InChI=1S/C10H20N2O5S/c1-2-9(7-13)11-18(16,17)12-5-3-8(4-6-12)10(14)15/h8-9,11,13H,2-7H2,1H3,(H,14,15). The minimum atomic E-state index is -3.63. The van der Waals surface area contributed by atoms with Crippen LogP contribution in [0.25, 0.3) is 0 Å². The topological polar surface area (TPSA) is 107 Å². The lowest BCUT2D eigenvalue weighted by Gasteiger charge is -2.30. The van der Waals surface area contributed by atoms with Gasteiger partial charge in [0.25, 0.3) is 10.2 Å². The van der Waals surface area contributed by atoms with Gasteiger partial charge in [-0.3, -0.25) is 4.79 Å². The molecule has 18 heavy (non-hydrogen) atoms. The third kappa shape index (κ3) is 3.91. The Morgan fingerprint density at radius 2 is 2.00 bits per heavy atom. The van der Waals surface area contributed by atoms with Crippen LogP contribution in [0, 0.1) is 5.92 Å². The number of carboxylic acid groups (broad SMARTS) is 1. The van der Waals surface area contributed by atoms with E-state index in [4.69, 9.17) is 10.2 Å². The summed E-state index contributed by atoms with van der Waals surface area (Å²) in [6, 6.07) is -0.493. The number of carboxylic acids is 1. The van der Waals surface area contributed by atoms with Crippen LogP contribution < -0.4 is 4.72 Å². The zero-order valence-corrected chi connectivity index (χ0v) is 11.2. The Morgan fingerprint density at radius 3 is 2.39 bits per heavy atom. The molecule has 1 saturated heterocycles. The maximum atomic E-state index is 11.9. The van der Waals surface area contributed by atoms with E-state index in [0.29, 0.717) is 19.3 Å². The van der Waals surface area contributed by atoms with Crippen molar-refractivity contribution in [1.29, 1.82) is 0 Å². The van der Waals surface area contributed by atoms with Crippen molar-refractivity contribution in [3.8, 4) is 0 Å². The molecule has 1 aliphatic heterocycles. The molecule has 1 rings (SSSR count).